The predicted octanol–water partition coefficient (Wildman–Crippen LogP) is 2.23. The first-order valence-electron chi connectivity index (χ1n) is 8.47. The molecule has 1 saturated heterocycles. The molecule has 2 unspecified atom stereocenters. The van der Waals surface area contributed by atoms with Gasteiger partial charge in [0.25, 0.3) is 0 Å². The summed E-state index contributed by atoms with van der Waals surface area (Å²) in [5.41, 5.74) is 1.57. The molecule has 1 fully saturated rings. The molecule has 2 N–H and O–H groups in total. The molecule has 0 radical (unpaired) electrons. The number of anilines is 1. The first kappa shape index (κ1) is 17.0. The van der Waals surface area contributed by atoms with Gasteiger partial charge >= 0.3 is 6.09 Å². The third-order valence-electron chi connectivity index (χ3n) is 5.20. The number of aliphatic hydroxyl groups is 1. The second kappa shape index (κ2) is 5.88. The lowest BCUT2D eigenvalue weighted by atomic mass is 9.84. The minimum absolute atomic E-state index is 0.115. The minimum atomic E-state index is -0.869. The summed E-state index contributed by atoms with van der Waals surface area (Å²) in [5.74, 6) is 1.06. The van der Waals surface area contributed by atoms with Crippen LogP contribution in [-0.2, 0) is 0 Å². The number of rotatable bonds is 1. The number of carbonyl (C=O) groups is 1. The van der Waals surface area contributed by atoms with Crippen molar-refractivity contribution in [1.29, 1.82) is 0 Å². The molecule has 24 heavy (non-hydrogen) atoms. The predicted molar refractivity (Wildman–Crippen MR) is 90.2 cm³/mol. The summed E-state index contributed by atoms with van der Waals surface area (Å²) in [6.45, 7) is 9.92. The van der Waals surface area contributed by atoms with Crippen LogP contribution in [0.5, 0.6) is 0 Å². The molecular formula is C17H26N4O3. The topological polar surface area (TPSA) is 89.8 Å². The van der Waals surface area contributed by atoms with Crippen molar-refractivity contribution >= 4 is 11.9 Å². The van der Waals surface area contributed by atoms with Crippen molar-refractivity contribution in [2.75, 3.05) is 24.5 Å². The van der Waals surface area contributed by atoms with Gasteiger partial charge in [0, 0.05) is 25.2 Å². The Morgan fingerprint density at radius 1 is 1.29 bits per heavy atom. The van der Waals surface area contributed by atoms with E-state index in [1.54, 1.807) is 0 Å². The standard InChI is InChI=1S/C17H26N4O3/c1-10-7-11(22)14-13(10)15(19-9-18-14)20-5-6-21(16(23)24)12(8-20)17(2,3)4/h9-12,22H,5-8H2,1-4H3,(H,23,24)/t10?,11?,12-/m0/s1. The molecule has 0 saturated carbocycles. The fourth-order valence-corrected chi connectivity index (χ4v) is 3.90. The second-order valence-corrected chi connectivity index (χ2v) is 7.95. The SMILES string of the molecule is CC1CC(O)c2ncnc(N3CCN(C(=O)O)[C@H](C(C)(C)C)C3)c21. The molecule has 1 aliphatic heterocycles. The third kappa shape index (κ3) is 2.81. The summed E-state index contributed by atoms with van der Waals surface area (Å²) >= 11 is 0. The maximum Gasteiger partial charge on any atom is 0.407 e. The minimum Gasteiger partial charge on any atom is -0.465 e. The Balaban J connectivity index is 1.94. The van der Waals surface area contributed by atoms with Crippen molar-refractivity contribution in [2.45, 2.75) is 52.2 Å². The van der Waals surface area contributed by atoms with Gasteiger partial charge in [0.1, 0.15) is 12.1 Å². The van der Waals surface area contributed by atoms with Crippen LogP contribution in [-0.4, -0.2) is 56.9 Å². The third-order valence-corrected chi connectivity index (χ3v) is 5.20. The number of aromatic nitrogens is 2. The van der Waals surface area contributed by atoms with Crippen LogP contribution in [0.2, 0.25) is 0 Å². The maximum atomic E-state index is 11.6. The Morgan fingerprint density at radius 2 is 2.00 bits per heavy atom. The summed E-state index contributed by atoms with van der Waals surface area (Å²) in [6.07, 6.45) is 0.769. The summed E-state index contributed by atoms with van der Waals surface area (Å²) < 4.78 is 0. The Hall–Kier alpha value is -1.89. The molecule has 7 nitrogen and oxygen atoms in total. The Labute approximate surface area is 142 Å². The normalized spacial score (nSPS) is 27.3. The van der Waals surface area contributed by atoms with E-state index < -0.39 is 12.2 Å². The largest absolute Gasteiger partial charge is 0.465 e. The lowest BCUT2D eigenvalue weighted by Crippen LogP contribution is -2.59. The van der Waals surface area contributed by atoms with E-state index in [1.807, 2.05) is 0 Å². The quantitative estimate of drug-likeness (QED) is 0.818. The fraction of sp³-hybridized carbons (Fsp3) is 0.706. The van der Waals surface area contributed by atoms with Crippen LogP contribution in [0, 0.1) is 5.41 Å². The lowest BCUT2D eigenvalue weighted by molar-refractivity contribution is 0.0746. The smallest absolute Gasteiger partial charge is 0.407 e. The van der Waals surface area contributed by atoms with E-state index in [-0.39, 0.29) is 17.4 Å². The molecular weight excluding hydrogens is 308 g/mol. The molecule has 0 bridgehead atoms. The van der Waals surface area contributed by atoms with E-state index in [9.17, 15) is 15.0 Å². The van der Waals surface area contributed by atoms with Crippen LogP contribution in [0.4, 0.5) is 10.6 Å². The van der Waals surface area contributed by atoms with Crippen molar-refractivity contribution in [1.82, 2.24) is 14.9 Å². The molecule has 2 aliphatic rings. The van der Waals surface area contributed by atoms with Crippen LogP contribution >= 0.6 is 0 Å². The van der Waals surface area contributed by atoms with Gasteiger partial charge in [0.05, 0.1) is 17.8 Å². The molecule has 1 aliphatic carbocycles. The molecule has 0 aromatic carbocycles. The highest BCUT2D eigenvalue weighted by Gasteiger charge is 2.40. The van der Waals surface area contributed by atoms with Gasteiger partial charge in [-0.3, -0.25) is 0 Å². The van der Waals surface area contributed by atoms with Gasteiger partial charge < -0.3 is 20.0 Å². The number of fused-ring (bicyclic) bond motifs is 1. The second-order valence-electron chi connectivity index (χ2n) is 7.95. The number of amides is 1. The maximum absolute atomic E-state index is 11.6. The average molecular weight is 334 g/mol. The number of aliphatic hydroxyl groups excluding tert-OH is 1. The van der Waals surface area contributed by atoms with Crippen molar-refractivity contribution in [3.8, 4) is 0 Å². The molecule has 1 aromatic heterocycles. The Bertz CT molecular complexity index is 643. The lowest BCUT2D eigenvalue weighted by Gasteiger charge is -2.46. The Morgan fingerprint density at radius 3 is 2.62 bits per heavy atom. The first-order chi connectivity index (χ1) is 11.2. The first-order valence-corrected chi connectivity index (χ1v) is 8.47. The van der Waals surface area contributed by atoms with Crippen LogP contribution in [0.25, 0.3) is 0 Å². The average Bonchev–Trinajstić information content (AvgIpc) is 2.81. The summed E-state index contributed by atoms with van der Waals surface area (Å²) in [6, 6.07) is -0.115. The van der Waals surface area contributed by atoms with Gasteiger partial charge in [-0.05, 0) is 17.8 Å². The summed E-state index contributed by atoms with van der Waals surface area (Å²) in [4.78, 5) is 24.0. The Kier molecular flexibility index (Phi) is 4.15. The molecule has 1 aromatic rings. The van der Waals surface area contributed by atoms with Crippen molar-refractivity contribution in [3.63, 3.8) is 0 Å². The van der Waals surface area contributed by atoms with Gasteiger partial charge in [-0.15, -0.1) is 0 Å². The van der Waals surface area contributed by atoms with E-state index in [0.29, 0.717) is 26.1 Å². The van der Waals surface area contributed by atoms with Gasteiger partial charge in [-0.25, -0.2) is 14.8 Å². The number of piperazine rings is 1. The van der Waals surface area contributed by atoms with Gasteiger partial charge in [-0.1, -0.05) is 27.7 Å². The van der Waals surface area contributed by atoms with Crippen molar-refractivity contribution in [3.05, 3.63) is 17.6 Å². The number of hydrogen-bond acceptors (Lipinski definition) is 5. The summed E-state index contributed by atoms with van der Waals surface area (Å²) in [5, 5.41) is 19.7. The van der Waals surface area contributed by atoms with E-state index in [1.165, 1.54) is 11.2 Å². The zero-order valence-electron chi connectivity index (χ0n) is 14.7. The number of hydrogen-bond donors (Lipinski definition) is 2. The number of carboxylic acid groups (broad SMARTS) is 1. The molecule has 2 heterocycles. The molecule has 132 valence electrons. The van der Waals surface area contributed by atoms with E-state index in [4.69, 9.17) is 0 Å². The van der Waals surface area contributed by atoms with E-state index >= 15 is 0 Å². The molecule has 1 amide bonds. The van der Waals surface area contributed by atoms with Crippen LogP contribution in [0.1, 0.15) is 57.4 Å². The molecule has 3 atom stereocenters. The van der Waals surface area contributed by atoms with Crippen LogP contribution in [0.3, 0.4) is 0 Å². The van der Waals surface area contributed by atoms with Gasteiger partial charge in [0.2, 0.25) is 0 Å². The zero-order chi connectivity index (χ0) is 17.6. The highest BCUT2D eigenvalue weighted by molar-refractivity contribution is 5.66. The van der Waals surface area contributed by atoms with Crippen LogP contribution < -0.4 is 4.90 Å². The monoisotopic (exact) mass is 334 g/mol. The van der Waals surface area contributed by atoms with Gasteiger partial charge in [0.15, 0.2) is 0 Å². The van der Waals surface area contributed by atoms with Gasteiger partial charge in [-0.2, -0.15) is 0 Å². The van der Waals surface area contributed by atoms with Crippen molar-refractivity contribution < 1.29 is 15.0 Å². The molecule has 0 spiro atoms. The van der Waals surface area contributed by atoms with Crippen molar-refractivity contribution in [2.24, 2.45) is 5.41 Å². The summed E-state index contributed by atoms with van der Waals surface area (Å²) in [7, 11) is 0. The van der Waals surface area contributed by atoms with E-state index in [2.05, 4.69) is 42.6 Å². The highest BCUT2D eigenvalue weighted by Crippen LogP contribution is 2.43. The fourth-order valence-electron chi connectivity index (χ4n) is 3.90. The van der Waals surface area contributed by atoms with Crippen LogP contribution in [0.15, 0.2) is 6.33 Å². The molecule has 7 heteroatoms. The zero-order valence-corrected chi connectivity index (χ0v) is 14.7. The highest BCUT2D eigenvalue weighted by atomic mass is 16.4. The van der Waals surface area contributed by atoms with E-state index in [0.717, 1.165) is 17.1 Å². The number of nitrogens with zero attached hydrogens (tertiary/aromatic N) is 4. The molecule has 3 rings (SSSR count).